The van der Waals surface area contributed by atoms with Gasteiger partial charge in [-0.25, -0.2) is 0 Å². The van der Waals surface area contributed by atoms with Crippen molar-refractivity contribution in [2.75, 3.05) is 0 Å². The van der Waals surface area contributed by atoms with Gasteiger partial charge < -0.3 is 14.5 Å². The molecule has 1 N–H and O–H groups in total. The van der Waals surface area contributed by atoms with Gasteiger partial charge in [0.2, 0.25) is 0 Å². The number of Topliss-reactive ketones (excluding diaryl/α,β-unsaturated/α-hetero) is 1. The van der Waals surface area contributed by atoms with E-state index in [9.17, 15) is 14.4 Å². The fourth-order valence-electron chi connectivity index (χ4n) is 5.16. The van der Waals surface area contributed by atoms with Gasteiger partial charge >= 0.3 is 5.97 Å². The van der Waals surface area contributed by atoms with Gasteiger partial charge in [-0.3, -0.25) is 14.4 Å². The molecule has 31 heavy (non-hydrogen) atoms. The molecule has 0 saturated heterocycles. The molecule has 5 rings (SSSR count). The zero-order valence-corrected chi connectivity index (χ0v) is 17.3. The normalized spacial score (nSPS) is 24.3. The maximum atomic E-state index is 13.4. The van der Waals surface area contributed by atoms with E-state index >= 15 is 0 Å². The Kier molecular flexibility index (Phi) is 5.00. The fraction of sp³-hybridized carbons (Fsp3) is 0.400. The Morgan fingerprint density at radius 2 is 1.87 bits per heavy atom. The van der Waals surface area contributed by atoms with Gasteiger partial charge in [-0.1, -0.05) is 18.7 Å². The SMILES string of the molecule is C=C1NC2=C(C(=O)CCC2)C(c2coc3ccccc3c2=O)C1C(=O)OC1CCCC1. The van der Waals surface area contributed by atoms with Crippen LogP contribution in [0.4, 0.5) is 0 Å². The van der Waals surface area contributed by atoms with E-state index in [-0.39, 0.29) is 17.3 Å². The molecule has 1 fully saturated rings. The molecule has 1 aromatic heterocycles. The van der Waals surface area contributed by atoms with Crippen LogP contribution in [0.5, 0.6) is 0 Å². The first kappa shape index (κ1) is 19.8. The number of nitrogens with one attached hydrogen (secondary N) is 1. The number of hydrogen-bond donors (Lipinski definition) is 1. The number of carbonyl (C=O) groups is 2. The highest BCUT2D eigenvalue weighted by molar-refractivity contribution is 6.00. The van der Waals surface area contributed by atoms with E-state index in [1.807, 2.05) is 0 Å². The maximum Gasteiger partial charge on any atom is 0.316 e. The summed E-state index contributed by atoms with van der Waals surface area (Å²) in [7, 11) is 0. The summed E-state index contributed by atoms with van der Waals surface area (Å²) in [5.41, 5.74) is 2.26. The summed E-state index contributed by atoms with van der Waals surface area (Å²) >= 11 is 0. The summed E-state index contributed by atoms with van der Waals surface area (Å²) in [4.78, 5) is 39.7. The van der Waals surface area contributed by atoms with Crippen LogP contribution in [0.2, 0.25) is 0 Å². The number of ether oxygens (including phenoxy) is 1. The second-order valence-electron chi connectivity index (χ2n) is 8.63. The third kappa shape index (κ3) is 3.40. The molecule has 160 valence electrons. The molecule has 2 heterocycles. The molecule has 0 spiro atoms. The van der Waals surface area contributed by atoms with Gasteiger partial charge in [-0.15, -0.1) is 0 Å². The number of esters is 1. The smallest absolute Gasteiger partial charge is 0.316 e. The van der Waals surface area contributed by atoms with E-state index in [4.69, 9.17) is 9.15 Å². The summed E-state index contributed by atoms with van der Waals surface area (Å²) in [6.07, 6.45) is 6.84. The van der Waals surface area contributed by atoms with Gasteiger partial charge in [0.1, 0.15) is 17.6 Å². The molecule has 6 heteroatoms. The molecule has 2 unspecified atom stereocenters. The molecule has 1 aliphatic heterocycles. The lowest BCUT2D eigenvalue weighted by atomic mass is 9.71. The van der Waals surface area contributed by atoms with Gasteiger partial charge in [-0.2, -0.15) is 0 Å². The van der Waals surface area contributed by atoms with Crippen LogP contribution in [0.3, 0.4) is 0 Å². The second-order valence-corrected chi connectivity index (χ2v) is 8.63. The minimum atomic E-state index is -0.856. The second kappa shape index (κ2) is 7.84. The summed E-state index contributed by atoms with van der Waals surface area (Å²) < 4.78 is 11.6. The van der Waals surface area contributed by atoms with Crippen LogP contribution in [0.15, 0.2) is 63.3 Å². The number of fused-ring (bicyclic) bond motifs is 1. The molecule has 3 aliphatic rings. The van der Waals surface area contributed by atoms with Crippen molar-refractivity contribution in [3.8, 4) is 0 Å². The van der Waals surface area contributed by atoms with E-state index < -0.39 is 17.8 Å². The molecule has 0 bridgehead atoms. The van der Waals surface area contributed by atoms with Gasteiger partial charge in [0.25, 0.3) is 0 Å². The first-order chi connectivity index (χ1) is 15.0. The topological polar surface area (TPSA) is 85.6 Å². The third-order valence-corrected chi connectivity index (χ3v) is 6.67. The first-order valence-electron chi connectivity index (χ1n) is 11.0. The highest BCUT2D eigenvalue weighted by atomic mass is 16.5. The van der Waals surface area contributed by atoms with Crippen molar-refractivity contribution >= 4 is 22.7 Å². The Morgan fingerprint density at radius 3 is 2.68 bits per heavy atom. The zero-order chi connectivity index (χ0) is 21.5. The highest BCUT2D eigenvalue weighted by Crippen LogP contribution is 2.44. The molecule has 1 aromatic carbocycles. The van der Waals surface area contributed by atoms with Crippen molar-refractivity contribution in [1.82, 2.24) is 5.32 Å². The van der Waals surface area contributed by atoms with Crippen LogP contribution in [-0.4, -0.2) is 17.9 Å². The number of benzene rings is 1. The molecule has 0 radical (unpaired) electrons. The number of ketones is 1. The molecule has 2 atom stereocenters. The summed E-state index contributed by atoms with van der Waals surface area (Å²) in [5, 5.41) is 3.62. The van der Waals surface area contributed by atoms with Crippen LogP contribution in [0.25, 0.3) is 11.0 Å². The van der Waals surface area contributed by atoms with Crippen molar-refractivity contribution in [1.29, 1.82) is 0 Å². The van der Waals surface area contributed by atoms with Crippen LogP contribution in [0.1, 0.15) is 56.4 Å². The lowest BCUT2D eigenvalue weighted by Gasteiger charge is -2.38. The summed E-state index contributed by atoms with van der Waals surface area (Å²) in [6, 6.07) is 6.99. The average Bonchev–Trinajstić information content (AvgIpc) is 3.26. The van der Waals surface area contributed by atoms with Gasteiger partial charge in [-0.05, 0) is 50.7 Å². The number of hydrogen-bond acceptors (Lipinski definition) is 6. The van der Waals surface area contributed by atoms with Gasteiger partial charge in [0, 0.05) is 34.9 Å². The Labute approximate surface area is 180 Å². The molecular weight excluding hydrogens is 394 g/mol. The van der Waals surface area contributed by atoms with Gasteiger partial charge in [0.15, 0.2) is 11.2 Å². The highest BCUT2D eigenvalue weighted by Gasteiger charge is 2.45. The number of carbonyl (C=O) groups excluding carboxylic acids is 2. The molecule has 0 amide bonds. The van der Waals surface area contributed by atoms with Crippen molar-refractivity contribution in [3.63, 3.8) is 0 Å². The van der Waals surface area contributed by atoms with E-state index in [1.54, 1.807) is 24.3 Å². The van der Waals surface area contributed by atoms with E-state index in [1.165, 1.54) is 6.26 Å². The summed E-state index contributed by atoms with van der Waals surface area (Å²) in [6.45, 7) is 4.08. The fourth-order valence-corrected chi connectivity index (χ4v) is 5.16. The largest absolute Gasteiger partial charge is 0.464 e. The van der Waals surface area contributed by atoms with Gasteiger partial charge in [0.05, 0.1) is 11.6 Å². The lowest BCUT2D eigenvalue weighted by molar-refractivity contribution is -0.153. The van der Waals surface area contributed by atoms with E-state index in [2.05, 4.69) is 11.9 Å². The van der Waals surface area contributed by atoms with Crippen LogP contribution < -0.4 is 10.7 Å². The minimum Gasteiger partial charge on any atom is -0.464 e. The molecule has 6 nitrogen and oxygen atoms in total. The molecule has 1 saturated carbocycles. The van der Waals surface area contributed by atoms with Crippen LogP contribution in [-0.2, 0) is 14.3 Å². The zero-order valence-electron chi connectivity index (χ0n) is 17.3. The predicted octanol–water partition coefficient (Wildman–Crippen LogP) is 4.10. The standard InChI is InChI=1S/C25H25NO5/c1-14-21(25(29)31-15-7-2-3-8-15)22(23-18(26-14)10-6-11-19(23)27)17-13-30-20-12-5-4-9-16(20)24(17)28/h4-5,9,12-13,15,21-22,26H,1-3,6-8,10-11H2. The number of rotatable bonds is 3. The number of para-hydroxylation sites is 1. The quantitative estimate of drug-likeness (QED) is 0.754. The molecule has 2 aromatic rings. The van der Waals surface area contributed by atoms with Crippen LogP contribution in [0, 0.1) is 5.92 Å². The lowest BCUT2D eigenvalue weighted by Crippen LogP contribution is -2.43. The van der Waals surface area contributed by atoms with E-state index in [0.717, 1.165) is 37.8 Å². The monoisotopic (exact) mass is 419 g/mol. The number of allylic oxidation sites excluding steroid dienone is 2. The average molecular weight is 419 g/mol. The summed E-state index contributed by atoms with van der Waals surface area (Å²) in [5.74, 6) is -2.10. The van der Waals surface area contributed by atoms with Crippen molar-refractivity contribution in [3.05, 3.63) is 69.9 Å². The maximum absolute atomic E-state index is 13.4. The predicted molar refractivity (Wildman–Crippen MR) is 115 cm³/mol. The molecule has 2 aliphatic carbocycles. The van der Waals surface area contributed by atoms with Crippen molar-refractivity contribution in [2.24, 2.45) is 5.92 Å². The van der Waals surface area contributed by atoms with E-state index in [0.29, 0.717) is 40.6 Å². The Bertz CT molecular complexity index is 1170. The Balaban J connectivity index is 1.65. The molecular formula is C25H25NO5. The third-order valence-electron chi connectivity index (χ3n) is 6.67. The Hall–Kier alpha value is -3.15. The van der Waals surface area contributed by atoms with Crippen LogP contribution >= 0.6 is 0 Å². The Morgan fingerprint density at radius 1 is 1.10 bits per heavy atom. The van der Waals surface area contributed by atoms with Crippen molar-refractivity contribution < 1.29 is 18.7 Å². The first-order valence-corrected chi connectivity index (χ1v) is 11.0. The van der Waals surface area contributed by atoms with Crippen molar-refractivity contribution in [2.45, 2.75) is 57.0 Å². The minimum absolute atomic E-state index is 0.0440.